The zero-order valence-corrected chi connectivity index (χ0v) is 21.6. The number of aromatic amines is 1. The molecule has 2 aromatic heterocycles. The van der Waals surface area contributed by atoms with Crippen molar-refractivity contribution in [1.29, 1.82) is 0 Å². The van der Waals surface area contributed by atoms with Gasteiger partial charge in [-0.05, 0) is 24.6 Å². The molecule has 0 amide bonds. The van der Waals surface area contributed by atoms with E-state index in [-0.39, 0.29) is 24.3 Å². The fraction of sp³-hybridized carbons (Fsp3) is 0.370. The predicted molar refractivity (Wildman–Crippen MR) is 145 cm³/mol. The number of H-pyrrole nitrogens is 1. The molecule has 4 aromatic rings. The van der Waals surface area contributed by atoms with Gasteiger partial charge < -0.3 is 14.4 Å². The Hall–Kier alpha value is -3.93. The number of ether oxygens (including phenoxy) is 1. The predicted octanol–water partition coefficient (Wildman–Crippen LogP) is 1.32. The molecule has 0 spiro atoms. The van der Waals surface area contributed by atoms with Crippen molar-refractivity contribution in [2.45, 2.75) is 26.1 Å². The molecule has 11 nitrogen and oxygen atoms in total. The van der Waals surface area contributed by atoms with Gasteiger partial charge in [-0.25, -0.2) is 9.80 Å². The molecule has 0 saturated carbocycles. The van der Waals surface area contributed by atoms with Crippen molar-refractivity contribution in [2.24, 2.45) is 7.05 Å². The van der Waals surface area contributed by atoms with E-state index in [1.54, 1.807) is 11.6 Å². The quantitative estimate of drug-likeness (QED) is 0.303. The van der Waals surface area contributed by atoms with Crippen LogP contribution in [0.1, 0.15) is 11.1 Å². The molecular formula is C27H33N7O4. The number of aromatic nitrogens is 4. The summed E-state index contributed by atoms with van der Waals surface area (Å²) in [5, 5.41) is 12.9. The molecule has 3 heterocycles. The van der Waals surface area contributed by atoms with Gasteiger partial charge in [-0.1, -0.05) is 48.0 Å². The Kier molecular flexibility index (Phi) is 7.59. The van der Waals surface area contributed by atoms with Crippen LogP contribution in [0.4, 0.5) is 5.95 Å². The van der Waals surface area contributed by atoms with Gasteiger partial charge in [0.15, 0.2) is 11.2 Å². The van der Waals surface area contributed by atoms with E-state index in [4.69, 9.17) is 4.74 Å². The maximum atomic E-state index is 12.8. The molecule has 1 atom stereocenters. The van der Waals surface area contributed by atoms with Crippen molar-refractivity contribution >= 4 is 17.1 Å². The third-order valence-corrected chi connectivity index (χ3v) is 6.74. The molecule has 200 valence electrons. The van der Waals surface area contributed by atoms with Crippen LogP contribution in [0.2, 0.25) is 0 Å². The van der Waals surface area contributed by atoms with Gasteiger partial charge in [-0.2, -0.15) is 4.98 Å². The van der Waals surface area contributed by atoms with E-state index in [2.05, 4.69) is 32.4 Å². The van der Waals surface area contributed by atoms with Crippen LogP contribution in [0.3, 0.4) is 0 Å². The van der Waals surface area contributed by atoms with Gasteiger partial charge in [0.1, 0.15) is 18.5 Å². The maximum absolute atomic E-state index is 12.8. The van der Waals surface area contributed by atoms with Gasteiger partial charge in [-0.3, -0.25) is 24.7 Å². The number of nitrogens with zero attached hydrogens (tertiary/aromatic N) is 5. The first-order valence-electron chi connectivity index (χ1n) is 12.7. The van der Waals surface area contributed by atoms with E-state index in [1.807, 2.05) is 54.4 Å². The number of benzene rings is 2. The average molecular weight is 520 g/mol. The number of hydrogen-bond donors (Lipinski definition) is 3. The topological polar surface area (TPSA) is 121 Å². The lowest BCUT2D eigenvalue weighted by Crippen LogP contribution is -2.48. The van der Waals surface area contributed by atoms with Crippen LogP contribution in [0.15, 0.2) is 64.2 Å². The normalized spacial score (nSPS) is 15.6. The van der Waals surface area contributed by atoms with Crippen LogP contribution >= 0.6 is 0 Å². The minimum Gasteiger partial charge on any atom is -0.491 e. The molecule has 1 fully saturated rings. The zero-order valence-electron chi connectivity index (χ0n) is 21.6. The van der Waals surface area contributed by atoms with Crippen LogP contribution in [0.5, 0.6) is 5.75 Å². The average Bonchev–Trinajstić information content (AvgIpc) is 3.27. The fourth-order valence-electron chi connectivity index (χ4n) is 4.59. The van der Waals surface area contributed by atoms with Crippen LogP contribution in [0, 0.1) is 6.92 Å². The Balaban J connectivity index is 1.31. The molecular weight excluding hydrogens is 486 g/mol. The van der Waals surface area contributed by atoms with Crippen molar-refractivity contribution in [3.63, 3.8) is 0 Å². The van der Waals surface area contributed by atoms with Crippen molar-refractivity contribution in [3.8, 4) is 5.75 Å². The van der Waals surface area contributed by atoms with Crippen LogP contribution in [0.25, 0.3) is 11.2 Å². The summed E-state index contributed by atoms with van der Waals surface area (Å²) in [7, 11) is 1.56. The van der Waals surface area contributed by atoms with Gasteiger partial charge in [0.05, 0.1) is 6.54 Å². The third kappa shape index (κ3) is 5.80. The lowest BCUT2D eigenvalue weighted by atomic mass is 10.2. The van der Waals surface area contributed by atoms with E-state index in [9.17, 15) is 14.7 Å². The number of nitrogens with one attached hydrogen (secondary N) is 2. The highest BCUT2D eigenvalue weighted by Crippen LogP contribution is 2.19. The number of aliphatic hydroxyl groups is 1. The molecule has 1 saturated heterocycles. The summed E-state index contributed by atoms with van der Waals surface area (Å²) < 4.78 is 8.66. The molecule has 0 bridgehead atoms. The Morgan fingerprint density at radius 2 is 1.76 bits per heavy atom. The van der Waals surface area contributed by atoms with Crippen LogP contribution in [-0.2, 0) is 20.1 Å². The number of hydrazine groups is 1. The maximum Gasteiger partial charge on any atom is 0.329 e. The summed E-state index contributed by atoms with van der Waals surface area (Å²) in [5.41, 5.74) is 5.07. The zero-order chi connectivity index (χ0) is 26.6. The van der Waals surface area contributed by atoms with Gasteiger partial charge in [-0.15, -0.1) is 0 Å². The second-order valence-electron chi connectivity index (χ2n) is 9.68. The molecule has 2 aromatic carbocycles. The first-order valence-corrected chi connectivity index (χ1v) is 12.7. The molecule has 0 radical (unpaired) electrons. The number of hydrogen-bond acceptors (Lipinski definition) is 8. The summed E-state index contributed by atoms with van der Waals surface area (Å²) in [6.07, 6.45) is -0.923. The van der Waals surface area contributed by atoms with Gasteiger partial charge in [0.2, 0.25) is 5.95 Å². The molecule has 5 rings (SSSR count). The van der Waals surface area contributed by atoms with Crippen LogP contribution < -0.4 is 21.4 Å². The van der Waals surface area contributed by atoms with Crippen molar-refractivity contribution < 1.29 is 9.84 Å². The lowest BCUT2D eigenvalue weighted by molar-refractivity contribution is 0.0932. The molecule has 1 aliphatic rings. The second-order valence-corrected chi connectivity index (χ2v) is 9.68. The van der Waals surface area contributed by atoms with Gasteiger partial charge >= 0.3 is 5.69 Å². The Labute approximate surface area is 219 Å². The van der Waals surface area contributed by atoms with E-state index in [0.29, 0.717) is 11.7 Å². The van der Waals surface area contributed by atoms with Crippen molar-refractivity contribution in [2.75, 3.05) is 38.2 Å². The fourth-order valence-corrected chi connectivity index (χ4v) is 4.59. The number of aliphatic hydroxyl groups excluding tert-OH is 1. The number of imidazole rings is 1. The SMILES string of the molecule is Cc1ccc(OC[C@@H](O)Cn2c(NN3CCN(Cc4ccccc4)CC3)nc3c2c(=O)[nH]c(=O)n3C)cc1. The minimum absolute atomic E-state index is 0.0317. The molecule has 11 heteroatoms. The standard InChI is InChI=1S/C27H33N7O4/c1-19-8-10-22(11-9-19)38-18-21(35)17-34-23-24(31(2)27(37)29-25(23)36)28-26(34)30-33-14-12-32(13-15-33)16-20-6-4-3-5-7-20/h3-11,21,35H,12-18H2,1-2H3,(H,28,30)(H,29,36,37)/t21-/m0/s1. The number of anilines is 1. The monoisotopic (exact) mass is 519 g/mol. The van der Waals surface area contributed by atoms with Crippen molar-refractivity contribution in [1.82, 2.24) is 29.0 Å². The Morgan fingerprint density at radius 1 is 1.05 bits per heavy atom. The number of rotatable bonds is 9. The van der Waals surface area contributed by atoms with Gasteiger partial charge in [0, 0.05) is 39.8 Å². The number of aryl methyl sites for hydroxylation is 2. The summed E-state index contributed by atoms with van der Waals surface area (Å²) in [6, 6.07) is 17.9. The Bertz CT molecular complexity index is 1490. The smallest absolute Gasteiger partial charge is 0.329 e. The summed E-state index contributed by atoms with van der Waals surface area (Å²) in [4.78, 5) is 34.3. The molecule has 1 aliphatic heterocycles. The van der Waals surface area contributed by atoms with Crippen LogP contribution in [-0.4, -0.2) is 73.0 Å². The second kappa shape index (κ2) is 11.2. The Morgan fingerprint density at radius 3 is 2.47 bits per heavy atom. The van der Waals surface area contributed by atoms with E-state index < -0.39 is 17.4 Å². The van der Waals surface area contributed by atoms with E-state index in [0.717, 1.165) is 38.3 Å². The van der Waals surface area contributed by atoms with E-state index >= 15 is 0 Å². The first kappa shape index (κ1) is 25.7. The van der Waals surface area contributed by atoms with E-state index in [1.165, 1.54) is 10.1 Å². The number of piperazine rings is 1. The molecule has 3 N–H and O–H groups in total. The highest BCUT2D eigenvalue weighted by atomic mass is 16.5. The molecule has 38 heavy (non-hydrogen) atoms. The first-order chi connectivity index (χ1) is 18.4. The summed E-state index contributed by atoms with van der Waals surface area (Å²) >= 11 is 0. The highest BCUT2D eigenvalue weighted by molar-refractivity contribution is 5.74. The minimum atomic E-state index is -0.923. The van der Waals surface area contributed by atoms with Crippen molar-refractivity contribution in [3.05, 3.63) is 86.6 Å². The summed E-state index contributed by atoms with van der Waals surface area (Å²) in [5.74, 6) is 1.04. The largest absolute Gasteiger partial charge is 0.491 e. The molecule has 0 unspecified atom stereocenters. The molecule has 0 aliphatic carbocycles. The van der Waals surface area contributed by atoms with Gasteiger partial charge in [0.25, 0.3) is 5.56 Å². The third-order valence-electron chi connectivity index (χ3n) is 6.74. The summed E-state index contributed by atoms with van der Waals surface area (Å²) in [6.45, 7) is 6.16. The highest BCUT2D eigenvalue weighted by Gasteiger charge is 2.23. The lowest BCUT2D eigenvalue weighted by Gasteiger charge is -2.35. The number of fused-ring (bicyclic) bond motifs is 1.